The van der Waals surface area contributed by atoms with E-state index in [1.807, 2.05) is 18.2 Å². The molecule has 2 aromatic rings. The molecule has 4 rings (SSSR count). The number of benzene rings is 2. The Morgan fingerprint density at radius 1 is 1.12 bits per heavy atom. The van der Waals surface area contributed by atoms with Crippen LogP contribution in [-0.4, -0.2) is 45.9 Å². The van der Waals surface area contributed by atoms with Gasteiger partial charge in [0, 0.05) is 25.8 Å². The van der Waals surface area contributed by atoms with Crippen molar-refractivity contribution in [3.05, 3.63) is 54.1 Å². The zero-order valence-corrected chi connectivity index (χ0v) is 15.5. The van der Waals surface area contributed by atoms with Gasteiger partial charge in [0.25, 0.3) is 0 Å². The van der Waals surface area contributed by atoms with E-state index >= 15 is 0 Å². The third kappa shape index (κ3) is 2.27. The quantitative estimate of drug-likeness (QED) is 0.827. The van der Waals surface area contributed by atoms with Gasteiger partial charge in [-0.05, 0) is 42.3 Å². The first-order valence-corrected chi connectivity index (χ1v) is 9.86. The van der Waals surface area contributed by atoms with Gasteiger partial charge >= 0.3 is 0 Å². The number of anilines is 1. The van der Waals surface area contributed by atoms with Crippen LogP contribution in [0.1, 0.15) is 12.0 Å². The second-order valence-corrected chi connectivity index (χ2v) is 8.67. The van der Waals surface area contributed by atoms with Gasteiger partial charge in [0.1, 0.15) is 5.75 Å². The molecule has 2 aliphatic heterocycles. The number of rotatable bonds is 3. The van der Waals surface area contributed by atoms with Crippen molar-refractivity contribution >= 4 is 21.6 Å². The molecule has 1 atom stereocenters. The fourth-order valence-corrected chi connectivity index (χ4v) is 5.50. The number of nitrogens with zero attached hydrogens (tertiary/aromatic N) is 2. The summed E-state index contributed by atoms with van der Waals surface area (Å²) in [5.41, 5.74) is 0.811. The fraction of sp³-hybridized carbons (Fsp3) is 0.316. The summed E-state index contributed by atoms with van der Waals surface area (Å²) in [4.78, 5) is 14.9. The Morgan fingerprint density at radius 2 is 1.85 bits per heavy atom. The number of ether oxygens (including phenoxy) is 1. The smallest absolute Gasteiger partial charge is 0.243 e. The molecule has 26 heavy (non-hydrogen) atoms. The maximum Gasteiger partial charge on any atom is 0.243 e. The highest BCUT2D eigenvalue weighted by atomic mass is 32.2. The monoisotopic (exact) mass is 372 g/mol. The third-order valence-corrected chi connectivity index (χ3v) is 7.27. The van der Waals surface area contributed by atoms with Crippen molar-refractivity contribution in [2.24, 2.45) is 0 Å². The molecular weight excluding hydrogens is 352 g/mol. The maximum atomic E-state index is 13.1. The van der Waals surface area contributed by atoms with Crippen molar-refractivity contribution in [3.63, 3.8) is 0 Å². The molecule has 0 unspecified atom stereocenters. The van der Waals surface area contributed by atoms with Crippen molar-refractivity contribution < 1.29 is 17.9 Å². The van der Waals surface area contributed by atoms with Crippen LogP contribution in [0.25, 0.3) is 0 Å². The van der Waals surface area contributed by atoms with Gasteiger partial charge in [-0.1, -0.05) is 18.2 Å². The molecule has 6 nitrogen and oxygen atoms in total. The SMILES string of the molecule is COc1ccc2c(c1)[C@@]1(CCN(S(=O)(=O)c3ccccc3)C1)C(=O)N2C. The molecule has 2 aromatic carbocycles. The van der Waals surface area contributed by atoms with Gasteiger partial charge in [-0.2, -0.15) is 4.31 Å². The zero-order valence-electron chi connectivity index (χ0n) is 14.7. The minimum atomic E-state index is -3.63. The molecule has 1 spiro atoms. The molecule has 1 saturated heterocycles. The Hall–Kier alpha value is -2.38. The summed E-state index contributed by atoms with van der Waals surface area (Å²) in [6.45, 7) is 0.459. The van der Waals surface area contributed by atoms with Gasteiger partial charge in [-0.15, -0.1) is 0 Å². The van der Waals surface area contributed by atoms with E-state index in [4.69, 9.17) is 4.74 Å². The number of carbonyl (C=O) groups is 1. The predicted octanol–water partition coefficient (Wildman–Crippen LogP) is 2.00. The summed E-state index contributed by atoms with van der Waals surface area (Å²) >= 11 is 0. The van der Waals surface area contributed by atoms with Gasteiger partial charge in [-0.3, -0.25) is 4.79 Å². The number of fused-ring (bicyclic) bond motifs is 2. The Kier molecular flexibility index (Phi) is 3.82. The summed E-state index contributed by atoms with van der Waals surface area (Å²) < 4.78 is 32.7. The second-order valence-electron chi connectivity index (χ2n) is 6.73. The number of methoxy groups -OCH3 is 1. The fourth-order valence-electron chi connectivity index (χ4n) is 3.98. The highest BCUT2D eigenvalue weighted by Gasteiger charge is 2.55. The average Bonchev–Trinajstić information content (AvgIpc) is 3.21. The Bertz CT molecular complexity index is 974. The number of likely N-dealkylation sites (N-methyl/N-ethyl adjacent to an activating group) is 1. The van der Waals surface area contributed by atoms with Crippen LogP contribution in [0.5, 0.6) is 5.75 Å². The van der Waals surface area contributed by atoms with Crippen LogP contribution in [-0.2, 0) is 20.2 Å². The van der Waals surface area contributed by atoms with Crippen molar-refractivity contribution in [3.8, 4) is 5.75 Å². The molecule has 2 aliphatic rings. The molecule has 0 N–H and O–H groups in total. The largest absolute Gasteiger partial charge is 0.497 e. The van der Waals surface area contributed by atoms with Gasteiger partial charge in [0.15, 0.2) is 0 Å². The highest BCUT2D eigenvalue weighted by molar-refractivity contribution is 7.89. The summed E-state index contributed by atoms with van der Waals surface area (Å²) in [6, 6.07) is 13.9. The predicted molar refractivity (Wildman–Crippen MR) is 97.9 cm³/mol. The summed E-state index contributed by atoms with van der Waals surface area (Å²) in [7, 11) is -0.318. The molecule has 7 heteroatoms. The molecular formula is C19H20N2O4S. The summed E-state index contributed by atoms with van der Waals surface area (Å²) in [5.74, 6) is 0.599. The van der Waals surface area contributed by atoms with Crippen LogP contribution >= 0.6 is 0 Å². The molecule has 1 fully saturated rings. The minimum Gasteiger partial charge on any atom is -0.497 e. The van der Waals surface area contributed by atoms with E-state index in [0.717, 1.165) is 11.3 Å². The number of hydrogen-bond acceptors (Lipinski definition) is 4. The molecule has 0 bridgehead atoms. The molecule has 0 aromatic heterocycles. The standard InChI is InChI=1S/C19H20N2O4S/c1-20-17-9-8-14(25-2)12-16(17)19(18(20)22)10-11-21(13-19)26(23,24)15-6-4-3-5-7-15/h3-9,12H,10-11,13H2,1-2H3/t19-/m0/s1. The molecule has 2 heterocycles. The number of sulfonamides is 1. The van der Waals surface area contributed by atoms with E-state index in [2.05, 4.69) is 0 Å². The van der Waals surface area contributed by atoms with Crippen LogP contribution in [0.4, 0.5) is 5.69 Å². The first kappa shape index (κ1) is 17.1. The third-order valence-electron chi connectivity index (χ3n) is 5.41. The number of hydrogen-bond donors (Lipinski definition) is 0. The number of amides is 1. The summed E-state index contributed by atoms with van der Waals surface area (Å²) in [6.07, 6.45) is 0.461. The first-order chi connectivity index (χ1) is 12.4. The van der Waals surface area contributed by atoms with Crippen LogP contribution in [0.2, 0.25) is 0 Å². The normalized spacial score (nSPS) is 22.8. The van der Waals surface area contributed by atoms with E-state index in [1.54, 1.807) is 49.4 Å². The van der Waals surface area contributed by atoms with Gasteiger partial charge in [0.2, 0.25) is 15.9 Å². The van der Waals surface area contributed by atoms with Crippen LogP contribution in [0.3, 0.4) is 0 Å². The lowest BCUT2D eigenvalue weighted by atomic mass is 9.81. The number of carbonyl (C=O) groups excluding carboxylic acids is 1. The summed E-state index contributed by atoms with van der Waals surface area (Å²) in [5, 5.41) is 0. The Morgan fingerprint density at radius 3 is 2.54 bits per heavy atom. The lowest BCUT2D eigenvalue weighted by Gasteiger charge is -2.23. The first-order valence-electron chi connectivity index (χ1n) is 8.42. The lowest BCUT2D eigenvalue weighted by Crippen LogP contribution is -2.42. The van der Waals surface area contributed by atoms with E-state index < -0.39 is 15.4 Å². The molecule has 136 valence electrons. The second kappa shape index (κ2) is 5.82. The molecule has 0 saturated carbocycles. The Balaban J connectivity index is 1.75. The van der Waals surface area contributed by atoms with E-state index in [-0.39, 0.29) is 17.3 Å². The van der Waals surface area contributed by atoms with Crippen molar-refractivity contribution in [1.29, 1.82) is 0 Å². The highest BCUT2D eigenvalue weighted by Crippen LogP contribution is 2.48. The van der Waals surface area contributed by atoms with Gasteiger partial charge in [0.05, 0.1) is 17.4 Å². The van der Waals surface area contributed by atoms with Gasteiger partial charge < -0.3 is 9.64 Å². The molecule has 0 aliphatic carbocycles. The topological polar surface area (TPSA) is 66.9 Å². The maximum absolute atomic E-state index is 13.1. The lowest BCUT2D eigenvalue weighted by molar-refractivity contribution is -0.122. The Labute approximate surface area is 153 Å². The molecule has 0 radical (unpaired) electrons. The van der Waals surface area contributed by atoms with Gasteiger partial charge in [-0.25, -0.2) is 8.42 Å². The minimum absolute atomic E-state index is 0.0634. The van der Waals surface area contributed by atoms with Crippen molar-refractivity contribution in [2.75, 3.05) is 32.1 Å². The average molecular weight is 372 g/mol. The van der Waals surface area contributed by atoms with E-state index in [1.165, 1.54) is 4.31 Å². The van der Waals surface area contributed by atoms with Crippen LogP contribution < -0.4 is 9.64 Å². The van der Waals surface area contributed by atoms with E-state index in [0.29, 0.717) is 18.7 Å². The van der Waals surface area contributed by atoms with Crippen molar-refractivity contribution in [2.45, 2.75) is 16.7 Å². The zero-order chi connectivity index (χ0) is 18.5. The van der Waals surface area contributed by atoms with Crippen LogP contribution in [0, 0.1) is 0 Å². The van der Waals surface area contributed by atoms with Crippen molar-refractivity contribution in [1.82, 2.24) is 4.31 Å². The molecule has 1 amide bonds. The van der Waals surface area contributed by atoms with Crippen LogP contribution in [0.15, 0.2) is 53.4 Å². The van der Waals surface area contributed by atoms with E-state index in [9.17, 15) is 13.2 Å².